The fourth-order valence-corrected chi connectivity index (χ4v) is 1.69. The first-order valence-electron chi connectivity index (χ1n) is 5.48. The zero-order valence-electron chi connectivity index (χ0n) is 9.88. The second-order valence-electron chi connectivity index (χ2n) is 3.82. The molecule has 1 heteroatoms. The molecule has 0 N–H and O–H groups in total. The van der Waals surface area contributed by atoms with E-state index >= 15 is 0 Å². The summed E-state index contributed by atoms with van der Waals surface area (Å²) in [4.78, 5) is 0. The molecule has 0 saturated carbocycles. The van der Waals surface area contributed by atoms with Gasteiger partial charge in [-0.1, -0.05) is 49.4 Å². The third kappa shape index (κ3) is 4.18. The fourth-order valence-electron chi connectivity index (χ4n) is 1.69. The van der Waals surface area contributed by atoms with E-state index in [0.29, 0.717) is 0 Å². The summed E-state index contributed by atoms with van der Waals surface area (Å²) < 4.78 is 0. The number of hydrogen-bond donors (Lipinski definition) is 0. The summed E-state index contributed by atoms with van der Waals surface area (Å²) in [6.07, 6.45) is 0. The van der Waals surface area contributed by atoms with Crippen molar-refractivity contribution in [1.29, 1.82) is 0 Å². The number of benzene rings is 2. The summed E-state index contributed by atoms with van der Waals surface area (Å²) in [6.45, 7) is 2.12. The van der Waals surface area contributed by atoms with Crippen LogP contribution in [-0.4, -0.2) is 0 Å². The van der Waals surface area contributed by atoms with Crippen LogP contribution in [-0.2, 0) is 18.6 Å². The van der Waals surface area contributed by atoms with Crippen LogP contribution in [0.1, 0.15) is 5.56 Å². The maximum Gasteiger partial charge on any atom is 0 e. The van der Waals surface area contributed by atoms with Crippen molar-refractivity contribution in [2.75, 3.05) is 0 Å². The molecule has 0 aliphatic carbocycles. The molecule has 0 aromatic heterocycles. The summed E-state index contributed by atoms with van der Waals surface area (Å²) >= 11 is 0. The molecule has 0 aliphatic rings. The molecule has 0 nitrogen and oxygen atoms in total. The molecule has 3 aromatic rings. The van der Waals surface area contributed by atoms with Gasteiger partial charge in [-0.05, 0) is 0 Å². The maximum absolute atomic E-state index is 2.20. The molecule has 0 bridgehead atoms. The van der Waals surface area contributed by atoms with Crippen LogP contribution in [0.4, 0.5) is 0 Å². The van der Waals surface area contributed by atoms with E-state index in [9.17, 15) is 0 Å². The number of fused-ring (bicyclic) bond motifs is 1. The maximum atomic E-state index is 2.20. The Morgan fingerprint density at radius 3 is 1.82 bits per heavy atom. The molecule has 0 saturated heterocycles. The molecule has 1 radical (unpaired) electrons. The molecule has 17 heavy (non-hydrogen) atoms. The van der Waals surface area contributed by atoms with Gasteiger partial charge in [-0.15, -0.1) is 40.6 Å². The Morgan fingerprint density at radius 1 is 0.765 bits per heavy atom. The molecule has 0 atom stereocenters. The summed E-state index contributed by atoms with van der Waals surface area (Å²) in [5, 5.41) is 2.69. The smallest absolute Gasteiger partial charge is 0 e. The molecular weight excluding hydrogens is 243 g/mol. The van der Waals surface area contributed by atoms with Crippen molar-refractivity contribution in [3.05, 3.63) is 78.4 Å². The van der Waals surface area contributed by atoms with Crippen LogP contribution < -0.4 is 0 Å². The van der Waals surface area contributed by atoms with Gasteiger partial charge in [-0.25, -0.2) is 0 Å². The van der Waals surface area contributed by atoms with E-state index in [4.69, 9.17) is 0 Å². The van der Waals surface area contributed by atoms with Crippen LogP contribution in [0.5, 0.6) is 0 Å². The first-order chi connectivity index (χ1) is 7.86. The standard InChI is InChI=1S/C10H9.C6H6.V/c1-8-6-9-4-2-3-5-10(9)7-8;1-2-4-6-5-3-1;/h2-7H,1H3;1-6H;/q-1;;. The molecule has 0 unspecified atom stereocenters. The summed E-state index contributed by atoms with van der Waals surface area (Å²) in [5.74, 6) is 0. The Bertz CT molecular complexity index is 478. The van der Waals surface area contributed by atoms with Gasteiger partial charge in [0.05, 0.1) is 0 Å². The molecule has 0 fully saturated rings. The van der Waals surface area contributed by atoms with Gasteiger partial charge < -0.3 is 0 Å². The predicted octanol–water partition coefficient (Wildman–Crippen LogP) is 4.55. The summed E-state index contributed by atoms with van der Waals surface area (Å²) in [6, 6.07) is 24.8. The van der Waals surface area contributed by atoms with Crippen molar-refractivity contribution in [2.24, 2.45) is 0 Å². The van der Waals surface area contributed by atoms with Gasteiger partial charge in [0.25, 0.3) is 0 Å². The largest absolute Gasteiger partial charge is 0.165 e. The van der Waals surface area contributed by atoms with Crippen molar-refractivity contribution in [3.63, 3.8) is 0 Å². The average molecular weight is 258 g/mol. The Hall–Kier alpha value is -1.37. The molecule has 0 spiro atoms. The summed E-state index contributed by atoms with van der Waals surface area (Å²) in [7, 11) is 0. The molecule has 85 valence electrons. The first kappa shape index (κ1) is 13.7. The minimum Gasteiger partial charge on any atom is -0.165 e. The first-order valence-corrected chi connectivity index (χ1v) is 5.48. The molecular formula is C16H15V-. The number of rotatable bonds is 0. The average Bonchev–Trinajstić information content (AvgIpc) is 2.72. The van der Waals surface area contributed by atoms with Gasteiger partial charge in [0.1, 0.15) is 0 Å². The van der Waals surface area contributed by atoms with Crippen molar-refractivity contribution in [3.8, 4) is 0 Å². The fraction of sp³-hybridized carbons (Fsp3) is 0.0625. The van der Waals surface area contributed by atoms with E-state index in [-0.39, 0.29) is 18.6 Å². The minimum absolute atomic E-state index is 0. The normalized spacial score (nSPS) is 9.00. The van der Waals surface area contributed by atoms with Gasteiger partial charge in [-0.3, -0.25) is 0 Å². The topological polar surface area (TPSA) is 0 Å². The zero-order chi connectivity index (χ0) is 11.2. The van der Waals surface area contributed by atoms with E-state index < -0.39 is 0 Å². The van der Waals surface area contributed by atoms with E-state index in [1.807, 2.05) is 36.4 Å². The third-order valence-corrected chi connectivity index (χ3v) is 2.43. The van der Waals surface area contributed by atoms with Gasteiger partial charge in [-0.2, -0.15) is 6.07 Å². The Balaban J connectivity index is 0.000000180. The molecule has 0 aliphatic heterocycles. The van der Waals surface area contributed by atoms with Gasteiger partial charge in [0.15, 0.2) is 0 Å². The van der Waals surface area contributed by atoms with Crippen LogP contribution in [0.3, 0.4) is 0 Å². The van der Waals surface area contributed by atoms with Crippen molar-refractivity contribution in [2.45, 2.75) is 6.92 Å². The van der Waals surface area contributed by atoms with Gasteiger partial charge in [0, 0.05) is 18.6 Å². The van der Waals surface area contributed by atoms with Crippen LogP contribution in [0, 0.1) is 6.92 Å². The monoisotopic (exact) mass is 258 g/mol. The second-order valence-corrected chi connectivity index (χ2v) is 3.82. The zero-order valence-corrected chi connectivity index (χ0v) is 11.3. The van der Waals surface area contributed by atoms with Crippen molar-refractivity contribution >= 4 is 10.8 Å². The number of aryl methyl sites for hydroxylation is 1. The Labute approximate surface area is 115 Å². The molecule has 0 heterocycles. The van der Waals surface area contributed by atoms with E-state index in [0.717, 1.165) is 0 Å². The second kappa shape index (κ2) is 7.06. The van der Waals surface area contributed by atoms with E-state index in [2.05, 4.69) is 43.3 Å². The predicted molar refractivity (Wildman–Crippen MR) is 70.7 cm³/mol. The van der Waals surface area contributed by atoms with Crippen molar-refractivity contribution < 1.29 is 18.6 Å². The third-order valence-electron chi connectivity index (χ3n) is 2.43. The van der Waals surface area contributed by atoms with Crippen LogP contribution in [0.15, 0.2) is 72.8 Å². The van der Waals surface area contributed by atoms with Gasteiger partial charge in [0.2, 0.25) is 0 Å². The van der Waals surface area contributed by atoms with E-state index in [1.54, 1.807) is 0 Å². The number of hydrogen-bond acceptors (Lipinski definition) is 0. The Kier molecular flexibility index (Phi) is 5.69. The van der Waals surface area contributed by atoms with Crippen LogP contribution in [0.25, 0.3) is 10.8 Å². The van der Waals surface area contributed by atoms with Gasteiger partial charge >= 0.3 is 0 Å². The molecule has 0 amide bonds. The molecule has 3 aromatic carbocycles. The minimum atomic E-state index is 0. The van der Waals surface area contributed by atoms with E-state index in [1.165, 1.54) is 16.3 Å². The summed E-state index contributed by atoms with van der Waals surface area (Å²) in [5.41, 5.74) is 1.35. The molecule has 3 rings (SSSR count). The van der Waals surface area contributed by atoms with Crippen molar-refractivity contribution in [1.82, 2.24) is 0 Å². The Morgan fingerprint density at radius 2 is 1.29 bits per heavy atom. The quantitative estimate of drug-likeness (QED) is 0.519. The van der Waals surface area contributed by atoms with Crippen LogP contribution in [0.2, 0.25) is 0 Å². The SMILES string of the molecule is Cc1cc2ccccc2[cH-]1.[V].c1ccccc1. The van der Waals surface area contributed by atoms with Crippen LogP contribution >= 0.6 is 0 Å².